The number of thiazole rings is 1. The fourth-order valence-corrected chi connectivity index (χ4v) is 5.64. The Morgan fingerprint density at radius 2 is 1.91 bits per heavy atom. The Morgan fingerprint density at radius 3 is 2.54 bits per heavy atom. The zero-order valence-corrected chi connectivity index (χ0v) is 26.3. The van der Waals surface area contributed by atoms with E-state index in [4.69, 9.17) is 14.5 Å². The van der Waals surface area contributed by atoms with Crippen LogP contribution < -0.4 is 16.1 Å². The van der Waals surface area contributed by atoms with Crippen molar-refractivity contribution in [3.63, 3.8) is 0 Å². The summed E-state index contributed by atoms with van der Waals surface area (Å²) in [4.78, 5) is 64.1. The zero-order chi connectivity index (χ0) is 32.5. The number of hydrogen-bond acceptors (Lipinski definition) is 9. The number of fused-ring (bicyclic) bond motifs is 1. The van der Waals surface area contributed by atoms with Crippen LogP contribution in [0.1, 0.15) is 41.9 Å². The van der Waals surface area contributed by atoms with Gasteiger partial charge in [-0.3, -0.25) is 14.6 Å². The van der Waals surface area contributed by atoms with Crippen LogP contribution >= 0.6 is 31.6 Å². The monoisotopic (exact) mass is 703 g/mol. The number of pyridine rings is 2. The first kappa shape index (κ1) is 35.0. The van der Waals surface area contributed by atoms with Gasteiger partial charge in [0.25, 0.3) is 0 Å². The van der Waals surface area contributed by atoms with Gasteiger partial charge in [-0.1, -0.05) is 6.07 Å². The summed E-state index contributed by atoms with van der Waals surface area (Å²) in [5.74, 6) is -0.977. The molecule has 1 aliphatic rings. The first-order valence-electron chi connectivity index (χ1n) is 13.4. The van der Waals surface area contributed by atoms with Crippen LogP contribution in [0.15, 0.2) is 46.8 Å². The van der Waals surface area contributed by atoms with Crippen molar-refractivity contribution in [2.24, 2.45) is 0 Å². The number of urea groups is 1. The van der Waals surface area contributed by atoms with Crippen LogP contribution in [0.3, 0.4) is 0 Å². The van der Waals surface area contributed by atoms with Crippen molar-refractivity contribution in [1.82, 2.24) is 19.9 Å². The summed E-state index contributed by atoms with van der Waals surface area (Å²) in [5, 5.41) is 6.03. The standard InChI is InChI=1S/C27H25F3N5O8PS.ClH/c1-2-31-26(38)34-22-10-16(24-33-21(13-45-24)27(28,29)30)18(11-32-22)14-3-6-20-17(9-14)23(36)19(12-35(20)15-4-5-15)25(37)42-7-8-43-44(39,40)41;/h3,6,9-13,15H,2,4-5,7-8H2,1H3,(H2,39,40,41)(H2,31,32,34,38);1H. The van der Waals surface area contributed by atoms with E-state index >= 15 is 0 Å². The van der Waals surface area contributed by atoms with Crippen molar-refractivity contribution in [2.45, 2.75) is 32.0 Å². The molecular weight excluding hydrogens is 678 g/mol. The largest absolute Gasteiger partial charge is 0.469 e. The van der Waals surface area contributed by atoms with Crippen LogP contribution in [0.5, 0.6) is 0 Å². The molecule has 2 amide bonds. The molecule has 1 fully saturated rings. The quantitative estimate of drug-likeness (QED) is 0.0952. The van der Waals surface area contributed by atoms with Crippen molar-refractivity contribution in [1.29, 1.82) is 0 Å². The predicted octanol–water partition coefficient (Wildman–Crippen LogP) is 5.37. The molecule has 1 saturated carbocycles. The molecule has 1 aromatic carbocycles. The van der Waals surface area contributed by atoms with Crippen LogP contribution in [0.25, 0.3) is 32.6 Å². The Morgan fingerprint density at radius 1 is 1.17 bits per heavy atom. The van der Waals surface area contributed by atoms with Crippen LogP contribution in [-0.4, -0.2) is 56.1 Å². The fraction of sp³-hybridized carbons (Fsp3) is 0.296. The molecule has 5 rings (SSSR count). The molecule has 0 unspecified atom stereocenters. The second-order valence-corrected chi connectivity index (χ2v) is 11.9. The number of phosphoric acid groups is 1. The van der Waals surface area contributed by atoms with Gasteiger partial charge in [-0.25, -0.2) is 24.1 Å². The molecule has 0 spiro atoms. The van der Waals surface area contributed by atoms with Gasteiger partial charge in [0.2, 0.25) is 5.43 Å². The Balaban J connectivity index is 0.00000480. The molecule has 3 heterocycles. The number of alkyl halides is 3. The molecule has 246 valence electrons. The highest BCUT2D eigenvalue weighted by Crippen LogP contribution is 2.41. The minimum absolute atomic E-state index is 0. The zero-order valence-electron chi connectivity index (χ0n) is 23.7. The highest BCUT2D eigenvalue weighted by Gasteiger charge is 2.34. The second-order valence-electron chi connectivity index (χ2n) is 9.84. The average molecular weight is 704 g/mol. The first-order valence-corrected chi connectivity index (χ1v) is 15.8. The number of halogens is 4. The van der Waals surface area contributed by atoms with Gasteiger partial charge in [0, 0.05) is 46.9 Å². The van der Waals surface area contributed by atoms with Crippen molar-refractivity contribution in [2.75, 3.05) is 25.1 Å². The van der Waals surface area contributed by atoms with Gasteiger partial charge in [0.15, 0.2) is 5.69 Å². The molecule has 0 radical (unpaired) electrons. The van der Waals surface area contributed by atoms with Crippen LogP contribution in [0.4, 0.5) is 23.8 Å². The number of nitrogens with zero attached hydrogens (tertiary/aromatic N) is 3. The third-order valence-corrected chi connectivity index (χ3v) is 7.98. The van der Waals surface area contributed by atoms with E-state index < -0.39 is 50.3 Å². The minimum atomic E-state index is -4.78. The lowest BCUT2D eigenvalue weighted by Gasteiger charge is -2.15. The van der Waals surface area contributed by atoms with E-state index in [0.717, 1.165) is 29.6 Å². The smallest absolute Gasteiger partial charge is 0.459 e. The molecule has 19 heteroatoms. The van der Waals surface area contributed by atoms with E-state index in [1.807, 2.05) is 0 Å². The van der Waals surface area contributed by atoms with Crippen molar-refractivity contribution < 1.29 is 46.4 Å². The third-order valence-electron chi connectivity index (χ3n) is 6.59. The summed E-state index contributed by atoms with van der Waals surface area (Å²) in [6, 6.07) is 5.62. The van der Waals surface area contributed by atoms with Crippen LogP contribution in [0.2, 0.25) is 0 Å². The summed E-state index contributed by atoms with van der Waals surface area (Å²) >= 11 is 0.741. The Hall–Kier alpha value is -3.86. The van der Waals surface area contributed by atoms with E-state index in [1.165, 1.54) is 24.5 Å². The summed E-state index contributed by atoms with van der Waals surface area (Å²) in [6.45, 7) is 0.908. The lowest BCUT2D eigenvalue weighted by atomic mass is 9.99. The fourth-order valence-electron chi connectivity index (χ4n) is 4.47. The summed E-state index contributed by atoms with van der Waals surface area (Å²) < 4.78 is 62.1. The predicted molar refractivity (Wildman–Crippen MR) is 164 cm³/mol. The van der Waals surface area contributed by atoms with Gasteiger partial charge in [0.05, 0.1) is 12.1 Å². The topological polar surface area (TPSA) is 182 Å². The Labute approximate surface area is 268 Å². The Kier molecular flexibility index (Phi) is 10.6. The number of nitrogens with one attached hydrogen (secondary N) is 2. The number of amides is 2. The lowest BCUT2D eigenvalue weighted by molar-refractivity contribution is -0.140. The highest BCUT2D eigenvalue weighted by molar-refractivity contribution is 7.46. The molecule has 0 aliphatic heterocycles. The summed E-state index contributed by atoms with van der Waals surface area (Å²) in [5.41, 5.74) is -0.715. The van der Waals surface area contributed by atoms with Gasteiger partial charge < -0.3 is 24.4 Å². The van der Waals surface area contributed by atoms with E-state index in [9.17, 15) is 32.1 Å². The normalized spacial score (nSPS) is 13.3. The van der Waals surface area contributed by atoms with Gasteiger partial charge in [-0.15, -0.1) is 23.7 Å². The lowest BCUT2D eigenvalue weighted by Crippen LogP contribution is -2.28. The third kappa shape index (κ3) is 8.10. The number of anilines is 1. The van der Waals surface area contributed by atoms with Crippen LogP contribution in [-0.2, 0) is 20.0 Å². The molecule has 0 saturated heterocycles. The molecule has 4 aromatic rings. The average Bonchev–Trinajstić information content (AvgIpc) is 3.68. The van der Waals surface area contributed by atoms with Gasteiger partial charge in [0.1, 0.15) is 23.0 Å². The second kappa shape index (κ2) is 13.9. The Bertz CT molecular complexity index is 1890. The van der Waals surface area contributed by atoms with E-state index in [-0.39, 0.29) is 45.8 Å². The molecule has 0 atom stereocenters. The number of carbonyl (C=O) groups excluding carboxylic acids is 2. The maximum Gasteiger partial charge on any atom is 0.469 e. The van der Waals surface area contributed by atoms with Crippen molar-refractivity contribution in [3.8, 4) is 21.7 Å². The minimum Gasteiger partial charge on any atom is -0.459 e. The molecule has 13 nitrogen and oxygen atoms in total. The number of esters is 1. The van der Waals surface area contributed by atoms with Gasteiger partial charge >= 0.3 is 26.0 Å². The van der Waals surface area contributed by atoms with Crippen molar-refractivity contribution in [3.05, 3.63) is 63.5 Å². The number of benzene rings is 1. The number of phosphoric ester groups is 1. The molecule has 4 N–H and O–H groups in total. The maximum atomic E-state index is 13.6. The van der Waals surface area contributed by atoms with E-state index in [0.29, 0.717) is 23.2 Å². The summed E-state index contributed by atoms with van der Waals surface area (Å²) in [7, 11) is -4.78. The van der Waals surface area contributed by atoms with E-state index in [1.54, 1.807) is 23.6 Å². The molecular formula is C27H26ClF3N5O8PS. The number of ether oxygens (including phenoxy) is 1. The molecule has 0 bridgehead atoms. The summed E-state index contributed by atoms with van der Waals surface area (Å²) in [6.07, 6.45) is -0.384. The number of hydrogen-bond donors (Lipinski definition) is 4. The first-order chi connectivity index (χ1) is 21.2. The highest BCUT2D eigenvalue weighted by atomic mass is 35.5. The van der Waals surface area contributed by atoms with Crippen molar-refractivity contribution >= 4 is 60.3 Å². The molecule has 3 aromatic heterocycles. The maximum absolute atomic E-state index is 13.6. The van der Waals surface area contributed by atoms with Gasteiger partial charge in [-0.2, -0.15) is 13.2 Å². The SMILES string of the molecule is CCNC(=O)Nc1cc(-c2nc(C(F)(F)F)cs2)c(-c2ccc3c(c2)c(=O)c(C(=O)OCCOP(=O)(O)O)cn3C2CC2)cn1.Cl. The van der Waals surface area contributed by atoms with Gasteiger partial charge in [-0.05, 0) is 43.5 Å². The molecule has 1 aliphatic carbocycles. The number of rotatable bonds is 10. The van der Waals surface area contributed by atoms with E-state index in [2.05, 4.69) is 25.1 Å². The molecule has 46 heavy (non-hydrogen) atoms. The van der Waals surface area contributed by atoms with Crippen LogP contribution in [0, 0.1) is 0 Å². The number of carbonyl (C=O) groups is 2. The number of aromatic nitrogens is 3.